The van der Waals surface area contributed by atoms with Gasteiger partial charge in [-0.15, -0.1) is 0 Å². The average molecular weight is 353 g/mol. The Balaban J connectivity index is 1.98. The molecule has 2 N–H and O–H groups in total. The molecule has 1 amide bonds. The summed E-state index contributed by atoms with van der Waals surface area (Å²) in [5.41, 5.74) is 1.63. The van der Waals surface area contributed by atoms with Gasteiger partial charge in [0.25, 0.3) is 5.91 Å². The highest BCUT2D eigenvalue weighted by atomic mass is 35.5. The zero-order valence-corrected chi connectivity index (χ0v) is 14.4. The van der Waals surface area contributed by atoms with E-state index in [9.17, 15) is 4.79 Å². The van der Waals surface area contributed by atoms with Crippen molar-refractivity contribution in [1.29, 1.82) is 0 Å². The second kappa shape index (κ2) is 8.15. The molecule has 0 fully saturated rings. The Hall–Kier alpha value is -1.82. The third-order valence-corrected chi connectivity index (χ3v) is 3.90. The van der Waals surface area contributed by atoms with Crippen LogP contribution in [0.3, 0.4) is 0 Å². The van der Waals surface area contributed by atoms with Crippen molar-refractivity contribution in [2.45, 2.75) is 0 Å². The van der Waals surface area contributed by atoms with Crippen LogP contribution in [0.1, 0.15) is 10.5 Å². The van der Waals surface area contributed by atoms with E-state index < -0.39 is 0 Å². The molecule has 23 heavy (non-hydrogen) atoms. The highest BCUT2D eigenvalue weighted by Crippen LogP contribution is 2.29. The molecule has 0 saturated carbocycles. The minimum atomic E-state index is -0.339. The van der Waals surface area contributed by atoms with E-state index in [2.05, 4.69) is 20.5 Å². The van der Waals surface area contributed by atoms with E-state index in [1.54, 1.807) is 30.5 Å². The number of benzene rings is 1. The zero-order chi connectivity index (χ0) is 16.8. The summed E-state index contributed by atoms with van der Waals surface area (Å²) in [6.45, 7) is 1.72. The highest BCUT2D eigenvalue weighted by Gasteiger charge is 2.11. The molecule has 0 aliphatic rings. The summed E-state index contributed by atoms with van der Waals surface area (Å²) in [6.07, 6.45) is 1.63. The van der Waals surface area contributed by atoms with Gasteiger partial charge in [0.2, 0.25) is 0 Å². The monoisotopic (exact) mass is 352 g/mol. The van der Waals surface area contributed by atoms with Crippen LogP contribution >= 0.6 is 23.2 Å². The highest BCUT2D eigenvalue weighted by molar-refractivity contribution is 6.44. The normalized spacial score (nSPS) is 10.7. The number of pyridine rings is 1. The molecule has 2 aromatic rings. The van der Waals surface area contributed by atoms with Gasteiger partial charge in [-0.2, -0.15) is 0 Å². The first-order valence-corrected chi connectivity index (χ1v) is 7.83. The molecule has 122 valence electrons. The maximum Gasteiger partial charge on any atom is 0.274 e. The molecule has 2 rings (SSSR count). The van der Waals surface area contributed by atoms with Crippen LogP contribution in [0.5, 0.6) is 0 Å². The van der Waals surface area contributed by atoms with E-state index in [0.717, 1.165) is 18.8 Å². The standard InChI is InChI=1S/C16H18Cl2N4O/c1-22(2)9-8-19-11-6-7-14(20-10-11)16(23)21-13-5-3-4-12(17)15(13)18/h3-7,10,19H,8-9H2,1-2H3,(H,21,23). The number of amides is 1. The van der Waals surface area contributed by atoms with Crippen molar-refractivity contribution in [2.75, 3.05) is 37.8 Å². The Morgan fingerprint density at radius 3 is 2.65 bits per heavy atom. The lowest BCUT2D eigenvalue weighted by molar-refractivity contribution is 0.102. The van der Waals surface area contributed by atoms with Gasteiger partial charge in [-0.25, -0.2) is 4.98 Å². The molecule has 1 aromatic carbocycles. The number of hydrogen-bond acceptors (Lipinski definition) is 4. The van der Waals surface area contributed by atoms with Crippen LogP contribution < -0.4 is 10.6 Å². The Morgan fingerprint density at radius 2 is 2.00 bits per heavy atom. The first-order valence-electron chi connectivity index (χ1n) is 7.07. The molecule has 0 bridgehead atoms. The summed E-state index contributed by atoms with van der Waals surface area (Å²) in [4.78, 5) is 18.4. The van der Waals surface area contributed by atoms with Gasteiger partial charge in [0, 0.05) is 13.1 Å². The van der Waals surface area contributed by atoms with Crippen molar-refractivity contribution in [3.63, 3.8) is 0 Å². The number of anilines is 2. The minimum absolute atomic E-state index is 0.305. The number of aromatic nitrogens is 1. The Morgan fingerprint density at radius 1 is 1.22 bits per heavy atom. The van der Waals surface area contributed by atoms with Crippen LogP contribution in [0.4, 0.5) is 11.4 Å². The number of likely N-dealkylation sites (N-methyl/N-ethyl adjacent to an activating group) is 1. The fraction of sp³-hybridized carbons (Fsp3) is 0.250. The number of halogens is 2. The van der Waals surface area contributed by atoms with E-state index in [4.69, 9.17) is 23.2 Å². The molecule has 1 aromatic heterocycles. The lowest BCUT2D eigenvalue weighted by atomic mass is 10.2. The summed E-state index contributed by atoms with van der Waals surface area (Å²) in [5.74, 6) is -0.339. The van der Waals surface area contributed by atoms with Gasteiger partial charge in [-0.1, -0.05) is 29.3 Å². The topological polar surface area (TPSA) is 57.3 Å². The van der Waals surface area contributed by atoms with Crippen molar-refractivity contribution in [3.05, 3.63) is 52.3 Å². The second-order valence-electron chi connectivity index (χ2n) is 5.22. The third-order valence-electron chi connectivity index (χ3n) is 3.08. The fourth-order valence-electron chi connectivity index (χ4n) is 1.84. The number of carbonyl (C=O) groups is 1. The van der Waals surface area contributed by atoms with Crippen molar-refractivity contribution in [1.82, 2.24) is 9.88 Å². The van der Waals surface area contributed by atoms with Gasteiger partial charge < -0.3 is 15.5 Å². The largest absolute Gasteiger partial charge is 0.383 e. The molecule has 0 atom stereocenters. The van der Waals surface area contributed by atoms with Crippen molar-refractivity contribution < 1.29 is 4.79 Å². The number of nitrogens with zero attached hydrogens (tertiary/aromatic N) is 2. The molecule has 7 heteroatoms. The molecule has 0 radical (unpaired) electrons. The van der Waals surface area contributed by atoms with Gasteiger partial charge in [0.15, 0.2) is 0 Å². The molecule has 1 heterocycles. The van der Waals surface area contributed by atoms with Crippen molar-refractivity contribution in [2.24, 2.45) is 0 Å². The van der Waals surface area contributed by atoms with Crippen LogP contribution in [0.15, 0.2) is 36.5 Å². The summed E-state index contributed by atoms with van der Waals surface area (Å²) in [7, 11) is 4.02. The minimum Gasteiger partial charge on any atom is -0.383 e. The number of rotatable bonds is 6. The van der Waals surface area contributed by atoms with Crippen LogP contribution in [-0.4, -0.2) is 43.0 Å². The first kappa shape index (κ1) is 17.5. The van der Waals surface area contributed by atoms with Gasteiger partial charge >= 0.3 is 0 Å². The van der Waals surface area contributed by atoms with Crippen molar-refractivity contribution >= 4 is 40.5 Å². The molecule has 0 unspecified atom stereocenters. The Kier molecular flexibility index (Phi) is 6.21. The Labute approximate surface area is 145 Å². The maximum atomic E-state index is 12.2. The van der Waals surface area contributed by atoms with E-state index >= 15 is 0 Å². The predicted octanol–water partition coefficient (Wildman–Crippen LogP) is 3.61. The lowest BCUT2D eigenvalue weighted by Crippen LogP contribution is -2.21. The van der Waals surface area contributed by atoms with E-state index in [1.165, 1.54) is 0 Å². The molecule has 0 aliphatic carbocycles. The van der Waals surface area contributed by atoms with Crippen LogP contribution in [0, 0.1) is 0 Å². The maximum absolute atomic E-state index is 12.2. The summed E-state index contributed by atoms with van der Waals surface area (Å²) >= 11 is 12.0. The molecular formula is C16H18Cl2N4O. The van der Waals surface area contributed by atoms with Gasteiger partial charge in [-0.3, -0.25) is 4.79 Å². The van der Waals surface area contributed by atoms with Crippen LogP contribution in [0.2, 0.25) is 10.0 Å². The number of carbonyl (C=O) groups excluding carboxylic acids is 1. The van der Waals surface area contributed by atoms with Crippen LogP contribution in [-0.2, 0) is 0 Å². The molecule has 0 spiro atoms. The van der Waals surface area contributed by atoms with E-state index in [0.29, 0.717) is 21.4 Å². The lowest BCUT2D eigenvalue weighted by Gasteiger charge is -2.11. The second-order valence-corrected chi connectivity index (χ2v) is 6.00. The SMILES string of the molecule is CN(C)CCNc1ccc(C(=O)Nc2cccc(Cl)c2Cl)nc1. The van der Waals surface area contributed by atoms with Gasteiger partial charge in [0.05, 0.1) is 27.6 Å². The van der Waals surface area contributed by atoms with E-state index in [-0.39, 0.29) is 5.91 Å². The van der Waals surface area contributed by atoms with Gasteiger partial charge in [-0.05, 0) is 38.4 Å². The number of nitrogens with one attached hydrogen (secondary N) is 2. The smallest absolute Gasteiger partial charge is 0.274 e. The summed E-state index contributed by atoms with van der Waals surface area (Å²) < 4.78 is 0. The van der Waals surface area contributed by atoms with Gasteiger partial charge in [0.1, 0.15) is 5.69 Å². The molecular weight excluding hydrogens is 335 g/mol. The number of hydrogen-bond donors (Lipinski definition) is 2. The third kappa shape index (κ3) is 5.10. The van der Waals surface area contributed by atoms with Crippen LogP contribution in [0.25, 0.3) is 0 Å². The zero-order valence-electron chi connectivity index (χ0n) is 12.9. The summed E-state index contributed by atoms with van der Waals surface area (Å²) in [5, 5.41) is 6.63. The van der Waals surface area contributed by atoms with E-state index in [1.807, 2.05) is 20.2 Å². The molecule has 5 nitrogen and oxygen atoms in total. The molecule has 0 aliphatic heterocycles. The first-order chi connectivity index (χ1) is 11.0. The fourth-order valence-corrected chi connectivity index (χ4v) is 2.19. The average Bonchev–Trinajstić information content (AvgIpc) is 2.52. The Bertz CT molecular complexity index is 674. The van der Waals surface area contributed by atoms with Crippen molar-refractivity contribution in [3.8, 4) is 0 Å². The molecule has 0 saturated heterocycles. The summed E-state index contributed by atoms with van der Waals surface area (Å²) in [6, 6.07) is 8.53. The predicted molar refractivity (Wildman–Crippen MR) is 95.7 cm³/mol. The quantitative estimate of drug-likeness (QED) is 0.833.